The molecule has 1 aromatic heterocycles. The smallest absolute Gasteiger partial charge is 0.191 e. The van der Waals surface area contributed by atoms with Crippen molar-refractivity contribution in [2.75, 3.05) is 39.9 Å². The first kappa shape index (κ1) is 20.5. The summed E-state index contributed by atoms with van der Waals surface area (Å²) < 4.78 is 10.5. The Hall–Kier alpha value is -0.800. The zero-order valence-corrected chi connectivity index (χ0v) is 17.4. The highest BCUT2D eigenvalue weighted by atomic mass is 127. The van der Waals surface area contributed by atoms with E-state index in [1.165, 1.54) is 38.8 Å². The normalized spacial score (nSPS) is 19.5. The molecule has 2 fully saturated rings. The Morgan fingerprint density at radius 1 is 1.32 bits per heavy atom. The number of rotatable bonds is 8. The van der Waals surface area contributed by atoms with E-state index < -0.39 is 0 Å². The zero-order valence-electron chi connectivity index (χ0n) is 15.1. The number of furan rings is 1. The standard InChI is InChI=1S/C18H30N4O2.HI/c1-23-14-10-20-18(19-9-6-17-3-2-13-24-17)21-15-7-11-22(12-8-15)16-4-5-16;/h2-3,13,15-16H,4-12,14H2,1H3,(H2,19,20,21);1H. The molecule has 0 atom stereocenters. The van der Waals surface area contributed by atoms with Crippen molar-refractivity contribution in [3.63, 3.8) is 0 Å². The number of nitrogens with one attached hydrogen (secondary N) is 2. The van der Waals surface area contributed by atoms with Crippen LogP contribution in [0.25, 0.3) is 0 Å². The molecule has 0 amide bonds. The monoisotopic (exact) mass is 462 g/mol. The van der Waals surface area contributed by atoms with Crippen molar-refractivity contribution in [2.45, 2.75) is 44.2 Å². The molecule has 1 saturated heterocycles. The van der Waals surface area contributed by atoms with Crippen LogP contribution < -0.4 is 10.6 Å². The lowest BCUT2D eigenvalue weighted by atomic mass is 10.1. The molecule has 0 unspecified atom stereocenters. The third-order valence-electron chi connectivity index (χ3n) is 4.74. The quantitative estimate of drug-likeness (QED) is 0.269. The van der Waals surface area contributed by atoms with Gasteiger partial charge in [0.25, 0.3) is 0 Å². The lowest BCUT2D eigenvalue weighted by Crippen LogP contribution is -2.49. The van der Waals surface area contributed by atoms with Gasteiger partial charge < -0.3 is 24.7 Å². The Morgan fingerprint density at radius 2 is 2.12 bits per heavy atom. The molecule has 0 radical (unpaired) electrons. The van der Waals surface area contributed by atoms with E-state index in [0.29, 0.717) is 19.2 Å². The highest BCUT2D eigenvalue weighted by Crippen LogP contribution is 2.29. The van der Waals surface area contributed by atoms with Crippen LogP contribution in [0.15, 0.2) is 27.8 Å². The lowest BCUT2D eigenvalue weighted by molar-refractivity contribution is 0.197. The molecule has 1 saturated carbocycles. The predicted octanol–water partition coefficient (Wildman–Crippen LogP) is 2.25. The number of likely N-dealkylation sites (tertiary alicyclic amines) is 1. The number of guanidine groups is 1. The second-order valence-electron chi connectivity index (χ2n) is 6.67. The first-order valence-electron chi connectivity index (χ1n) is 9.15. The molecule has 6 nitrogen and oxygen atoms in total. The minimum absolute atomic E-state index is 0. The summed E-state index contributed by atoms with van der Waals surface area (Å²) in [6, 6.07) is 5.32. The highest BCUT2D eigenvalue weighted by Gasteiger charge is 2.31. The molecule has 142 valence electrons. The lowest BCUT2D eigenvalue weighted by Gasteiger charge is -2.33. The molecule has 7 heteroatoms. The van der Waals surface area contributed by atoms with Crippen LogP contribution in [0, 0.1) is 0 Å². The molecule has 2 N–H and O–H groups in total. The number of ether oxygens (including phenoxy) is 1. The molecule has 2 heterocycles. The molecule has 3 rings (SSSR count). The summed E-state index contributed by atoms with van der Waals surface area (Å²) in [7, 11) is 1.71. The number of hydrogen-bond acceptors (Lipinski definition) is 4. The maximum Gasteiger partial charge on any atom is 0.191 e. The number of hydrogen-bond donors (Lipinski definition) is 2. The maximum absolute atomic E-state index is 5.38. The summed E-state index contributed by atoms with van der Waals surface area (Å²) in [6.07, 6.45) is 7.76. The van der Waals surface area contributed by atoms with Crippen molar-refractivity contribution < 1.29 is 9.15 Å². The van der Waals surface area contributed by atoms with E-state index in [9.17, 15) is 0 Å². The van der Waals surface area contributed by atoms with Gasteiger partial charge in [-0.05, 0) is 37.8 Å². The molecule has 0 spiro atoms. The Labute approximate surface area is 167 Å². The molecule has 2 aliphatic rings. The van der Waals surface area contributed by atoms with E-state index in [-0.39, 0.29) is 24.0 Å². The van der Waals surface area contributed by atoms with Gasteiger partial charge in [-0.15, -0.1) is 24.0 Å². The average molecular weight is 462 g/mol. The fourth-order valence-corrected chi connectivity index (χ4v) is 3.20. The van der Waals surface area contributed by atoms with Crippen LogP contribution >= 0.6 is 24.0 Å². The molecule has 0 aromatic carbocycles. The fraction of sp³-hybridized carbons (Fsp3) is 0.722. The second-order valence-corrected chi connectivity index (χ2v) is 6.67. The van der Waals surface area contributed by atoms with Crippen molar-refractivity contribution >= 4 is 29.9 Å². The van der Waals surface area contributed by atoms with E-state index in [0.717, 1.165) is 30.7 Å². The number of aliphatic imine (C=N–C) groups is 1. The Morgan fingerprint density at radius 3 is 2.76 bits per heavy atom. The first-order chi connectivity index (χ1) is 11.8. The molecule has 25 heavy (non-hydrogen) atoms. The minimum Gasteiger partial charge on any atom is -0.469 e. The van der Waals surface area contributed by atoms with E-state index in [4.69, 9.17) is 9.15 Å². The van der Waals surface area contributed by atoms with E-state index in [1.807, 2.05) is 12.1 Å². The van der Waals surface area contributed by atoms with Crippen molar-refractivity contribution in [1.29, 1.82) is 0 Å². The summed E-state index contributed by atoms with van der Waals surface area (Å²) in [6.45, 7) is 4.55. The van der Waals surface area contributed by atoms with E-state index >= 15 is 0 Å². The molecule has 0 bridgehead atoms. The minimum atomic E-state index is 0. The van der Waals surface area contributed by atoms with Gasteiger partial charge in [-0.2, -0.15) is 0 Å². The molecule has 1 aliphatic carbocycles. The molecular formula is C18H31IN4O2. The summed E-state index contributed by atoms with van der Waals surface area (Å²) >= 11 is 0. The van der Waals surface area contributed by atoms with Gasteiger partial charge in [-0.1, -0.05) is 0 Å². The van der Waals surface area contributed by atoms with Crippen LogP contribution in [0.1, 0.15) is 31.4 Å². The van der Waals surface area contributed by atoms with Crippen LogP contribution in [-0.4, -0.2) is 62.8 Å². The van der Waals surface area contributed by atoms with Gasteiger partial charge in [0, 0.05) is 45.2 Å². The third-order valence-corrected chi connectivity index (χ3v) is 4.74. The Bertz CT molecular complexity index is 497. The van der Waals surface area contributed by atoms with Gasteiger partial charge in [0.1, 0.15) is 5.76 Å². The topological polar surface area (TPSA) is 62.0 Å². The SMILES string of the molecule is COCCN=C(NCCc1ccco1)NC1CCN(C2CC2)CC1.I. The Kier molecular flexibility index (Phi) is 9.05. The van der Waals surface area contributed by atoms with Crippen LogP contribution in [0.2, 0.25) is 0 Å². The van der Waals surface area contributed by atoms with E-state index in [1.54, 1.807) is 13.4 Å². The largest absolute Gasteiger partial charge is 0.469 e. The number of methoxy groups -OCH3 is 1. The van der Waals surface area contributed by atoms with Crippen molar-refractivity contribution in [3.8, 4) is 0 Å². The highest BCUT2D eigenvalue weighted by molar-refractivity contribution is 14.0. The van der Waals surface area contributed by atoms with Crippen molar-refractivity contribution in [2.24, 2.45) is 4.99 Å². The van der Waals surface area contributed by atoms with Crippen LogP contribution in [0.4, 0.5) is 0 Å². The van der Waals surface area contributed by atoms with Gasteiger partial charge in [0.2, 0.25) is 0 Å². The summed E-state index contributed by atoms with van der Waals surface area (Å²) in [5.74, 6) is 1.89. The summed E-state index contributed by atoms with van der Waals surface area (Å²) in [5.41, 5.74) is 0. The summed E-state index contributed by atoms with van der Waals surface area (Å²) in [5, 5.41) is 7.02. The van der Waals surface area contributed by atoms with Crippen LogP contribution in [0.5, 0.6) is 0 Å². The number of halogens is 1. The van der Waals surface area contributed by atoms with Gasteiger partial charge >= 0.3 is 0 Å². The average Bonchev–Trinajstić information content (AvgIpc) is 3.32. The van der Waals surface area contributed by atoms with Gasteiger partial charge in [0.15, 0.2) is 5.96 Å². The number of piperidine rings is 1. The maximum atomic E-state index is 5.38. The van der Waals surface area contributed by atoms with Crippen molar-refractivity contribution in [1.82, 2.24) is 15.5 Å². The number of nitrogens with zero attached hydrogens (tertiary/aromatic N) is 2. The predicted molar refractivity (Wildman–Crippen MR) is 111 cm³/mol. The van der Waals surface area contributed by atoms with Gasteiger partial charge in [0.05, 0.1) is 19.4 Å². The summed E-state index contributed by atoms with van der Waals surface area (Å²) in [4.78, 5) is 7.26. The van der Waals surface area contributed by atoms with E-state index in [2.05, 4.69) is 20.5 Å². The first-order valence-corrected chi connectivity index (χ1v) is 9.15. The van der Waals surface area contributed by atoms with Crippen LogP contribution in [-0.2, 0) is 11.2 Å². The fourth-order valence-electron chi connectivity index (χ4n) is 3.20. The second kappa shape index (κ2) is 11.0. The third kappa shape index (κ3) is 7.15. The van der Waals surface area contributed by atoms with Gasteiger partial charge in [-0.3, -0.25) is 4.99 Å². The molecule has 1 aromatic rings. The van der Waals surface area contributed by atoms with Crippen LogP contribution in [0.3, 0.4) is 0 Å². The van der Waals surface area contributed by atoms with Gasteiger partial charge in [-0.25, -0.2) is 0 Å². The Balaban J connectivity index is 0.00000225. The molecule has 1 aliphatic heterocycles. The zero-order chi connectivity index (χ0) is 16.6. The van der Waals surface area contributed by atoms with Crippen molar-refractivity contribution in [3.05, 3.63) is 24.2 Å². The molecular weight excluding hydrogens is 431 g/mol.